The van der Waals surface area contributed by atoms with Gasteiger partial charge in [-0.25, -0.2) is 12.8 Å². The van der Waals surface area contributed by atoms with E-state index in [4.69, 9.17) is 4.74 Å². The van der Waals surface area contributed by atoms with Crippen LogP contribution in [-0.4, -0.2) is 63.1 Å². The zero-order valence-corrected chi connectivity index (χ0v) is 15.4. The average molecular weight is 370 g/mol. The van der Waals surface area contributed by atoms with Gasteiger partial charge in [0, 0.05) is 32.3 Å². The molecular weight excluding hydrogens is 343 g/mol. The summed E-state index contributed by atoms with van der Waals surface area (Å²) in [5, 5.41) is 0. The number of nitrogens with zero attached hydrogens (tertiary/aromatic N) is 2. The summed E-state index contributed by atoms with van der Waals surface area (Å²) >= 11 is 0. The van der Waals surface area contributed by atoms with Crippen LogP contribution >= 0.6 is 0 Å². The first-order chi connectivity index (χ1) is 12.1. The molecule has 0 amide bonds. The van der Waals surface area contributed by atoms with Gasteiger partial charge in [0.15, 0.2) is 0 Å². The molecule has 0 saturated carbocycles. The van der Waals surface area contributed by atoms with Crippen molar-refractivity contribution in [2.75, 3.05) is 39.4 Å². The van der Waals surface area contributed by atoms with E-state index in [9.17, 15) is 12.8 Å². The highest BCUT2D eigenvalue weighted by Crippen LogP contribution is 2.24. The number of ether oxygens (including phenoxy) is 1. The Hall–Kier alpha value is -1.02. The van der Waals surface area contributed by atoms with Crippen LogP contribution in [0.4, 0.5) is 4.39 Å². The molecule has 3 rings (SSSR count). The Balaban J connectivity index is 1.77. The Morgan fingerprint density at radius 3 is 2.36 bits per heavy atom. The second-order valence-electron chi connectivity index (χ2n) is 6.82. The van der Waals surface area contributed by atoms with Crippen LogP contribution in [0.1, 0.15) is 32.1 Å². The molecule has 2 aliphatic rings. The van der Waals surface area contributed by atoms with Crippen molar-refractivity contribution in [2.24, 2.45) is 0 Å². The normalized spacial score (nSPS) is 20.9. The number of benzene rings is 1. The lowest BCUT2D eigenvalue weighted by Gasteiger charge is -2.35. The van der Waals surface area contributed by atoms with Crippen molar-refractivity contribution < 1.29 is 17.5 Å². The van der Waals surface area contributed by atoms with E-state index in [1.807, 2.05) is 0 Å². The highest BCUT2D eigenvalue weighted by Gasteiger charge is 2.32. The minimum atomic E-state index is -3.63. The van der Waals surface area contributed by atoms with E-state index in [2.05, 4.69) is 4.90 Å². The number of hydrogen-bond acceptors (Lipinski definition) is 4. The van der Waals surface area contributed by atoms with Gasteiger partial charge in [-0.1, -0.05) is 6.42 Å². The summed E-state index contributed by atoms with van der Waals surface area (Å²) in [6, 6.07) is 5.09. The van der Waals surface area contributed by atoms with Crippen molar-refractivity contribution in [3.05, 3.63) is 30.1 Å². The lowest BCUT2D eigenvalue weighted by molar-refractivity contribution is 0.0557. The van der Waals surface area contributed by atoms with E-state index >= 15 is 0 Å². The van der Waals surface area contributed by atoms with Crippen molar-refractivity contribution in [3.63, 3.8) is 0 Å². The van der Waals surface area contributed by atoms with Gasteiger partial charge in [0.25, 0.3) is 0 Å². The van der Waals surface area contributed by atoms with Gasteiger partial charge in [-0.2, -0.15) is 4.31 Å². The minimum absolute atomic E-state index is 0.0476. The third-order valence-corrected chi connectivity index (χ3v) is 7.07. The molecule has 0 aliphatic carbocycles. The van der Waals surface area contributed by atoms with Crippen LogP contribution in [0.5, 0.6) is 0 Å². The van der Waals surface area contributed by atoms with Crippen LogP contribution in [0, 0.1) is 5.82 Å². The fourth-order valence-electron chi connectivity index (χ4n) is 3.64. The van der Waals surface area contributed by atoms with E-state index in [-0.39, 0.29) is 10.9 Å². The fraction of sp³-hybridized carbons (Fsp3) is 0.667. The maximum Gasteiger partial charge on any atom is 0.243 e. The van der Waals surface area contributed by atoms with Crippen LogP contribution in [0.2, 0.25) is 0 Å². The highest BCUT2D eigenvalue weighted by atomic mass is 32.2. The molecule has 0 radical (unpaired) electrons. The number of rotatable bonds is 6. The molecule has 25 heavy (non-hydrogen) atoms. The van der Waals surface area contributed by atoms with Crippen LogP contribution in [0.25, 0.3) is 0 Å². The van der Waals surface area contributed by atoms with Crippen molar-refractivity contribution in [3.8, 4) is 0 Å². The van der Waals surface area contributed by atoms with Crippen molar-refractivity contribution in [1.82, 2.24) is 9.21 Å². The third-order valence-electron chi connectivity index (χ3n) is 5.10. The molecule has 1 aromatic rings. The van der Waals surface area contributed by atoms with Gasteiger partial charge in [0.1, 0.15) is 5.82 Å². The Kier molecular flexibility index (Phi) is 6.44. The first-order valence-electron chi connectivity index (χ1n) is 9.15. The number of piperidine rings is 1. The minimum Gasteiger partial charge on any atom is -0.381 e. The van der Waals surface area contributed by atoms with Crippen molar-refractivity contribution in [2.45, 2.75) is 43.0 Å². The van der Waals surface area contributed by atoms with E-state index in [0.29, 0.717) is 32.6 Å². The molecular formula is C18H27FN2O3S. The molecule has 2 fully saturated rings. The largest absolute Gasteiger partial charge is 0.381 e. The van der Waals surface area contributed by atoms with Crippen LogP contribution in [-0.2, 0) is 14.8 Å². The number of likely N-dealkylation sites (tertiary alicyclic amines) is 1. The molecule has 5 nitrogen and oxygen atoms in total. The Labute approximate surface area is 149 Å². The van der Waals surface area contributed by atoms with Gasteiger partial charge < -0.3 is 9.64 Å². The quantitative estimate of drug-likeness (QED) is 0.772. The summed E-state index contributed by atoms with van der Waals surface area (Å²) in [5.41, 5.74) is 0. The van der Waals surface area contributed by atoms with Gasteiger partial charge >= 0.3 is 0 Å². The van der Waals surface area contributed by atoms with Gasteiger partial charge in [0.05, 0.1) is 4.90 Å². The van der Waals surface area contributed by atoms with Gasteiger partial charge in [-0.15, -0.1) is 0 Å². The van der Waals surface area contributed by atoms with E-state index in [0.717, 1.165) is 19.6 Å². The molecule has 0 bridgehead atoms. The number of sulfonamides is 1. The summed E-state index contributed by atoms with van der Waals surface area (Å²) < 4.78 is 46.5. The van der Waals surface area contributed by atoms with Gasteiger partial charge in [0.2, 0.25) is 10.0 Å². The van der Waals surface area contributed by atoms with E-state index < -0.39 is 15.8 Å². The fourth-order valence-corrected chi connectivity index (χ4v) is 5.31. The first-order valence-corrected chi connectivity index (χ1v) is 10.6. The molecule has 0 N–H and O–H groups in total. The monoisotopic (exact) mass is 370 g/mol. The molecule has 0 unspecified atom stereocenters. The molecule has 0 aromatic heterocycles. The summed E-state index contributed by atoms with van der Waals surface area (Å²) in [6.07, 6.45) is 5.04. The molecule has 0 atom stereocenters. The lowest BCUT2D eigenvalue weighted by atomic mass is 10.1. The maximum atomic E-state index is 13.2. The molecule has 2 aliphatic heterocycles. The number of halogens is 1. The third kappa shape index (κ3) is 4.78. The standard InChI is InChI=1S/C18H27FN2O3S/c19-16-4-6-18(7-5-16)25(22,23)21(17-8-14-24-15-9-17)13-12-20-10-2-1-3-11-20/h4-7,17H,1-3,8-15H2. The van der Waals surface area contributed by atoms with Crippen LogP contribution in [0.3, 0.4) is 0 Å². The Morgan fingerprint density at radius 1 is 1.08 bits per heavy atom. The van der Waals surface area contributed by atoms with Crippen LogP contribution < -0.4 is 0 Å². The average Bonchev–Trinajstić information content (AvgIpc) is 2.64. The smallest absolute Gasteiger partial charge is 0.243 e. The first kappa shape index (κ1) is 18.8. The predicted octanol–water partition coefficient (Wildman–Crippen LogP) is 2.48. The molecule has 2 heterocycles. The van der Waals surface area contributed by atoms with Gasteiger partial charge in [-0.05, 0) is 63.0 Å². The molecule has 140 valence electrons. The van der Waals surface area contributed by atoms with E-state index in [1.165, 1.54) is 43.5 Å². The topological polar surface area (TPSA) is 49.9 Å². The maximum absolute atomic E-state index is 13.2. The summed E-state index contributed by atoms with van der Waals surface area (Å²) in [7, 11) is -3.63. The second-order valence-corrected chi connectivity index (χ2v) is 8.71. The SMILES string of the molecule is O=S(=O)(c1ccc(F)cc1)N(CCN1CCCCC1)C1CCOCC1. The molecule has 0 spiro atoms. The Morgan fingerprint density at radius 2 is 1.72 bits per heavy atom. The van der Waals surface area contributed by atoms with Crippen molar-refractivity contribution >= 4 is 10.0 Å². The number of hydrogen-bond donors (Lipinski definition) is 0. The zero-order valence-electron chi connectivity index (χ0n) is 14.6. The second kappa shape index (κ2) is 8.58. The zero-order chi connectivity index (χ0) is 17.7. The summed E-state index contributed by atoms with van der Waals surface area (Å²) in [5.74, 6) is -0.426. The molecule has 2 saturated heterocycles. The summed E-state index contributed by atoms with van der Waals surface area (Å²) in [6.45, 7) is 4.48. The van der Waals surface area contributed by atoms with E-state index in [1.54, 1.807) is 4.31 Å². The Bertz CT molecular complexity index is 639. The predicted molar refractivity (Wildman–Crippen MR) is 94.4 cm³/mol. The lowest BCUT2D eigenvalue weighted by Crippen LogP contribution is -2.47. The van der Waals surface area contributed by atoms with Crippen molar-refractivity contribution in [1.29, 1.82) is 0 Å². The molecule has 1 aromatic carbocycles. The van der Waals surface area contributed by atoms with Gasteiger partial charge in [-0.3, -0.25) is 0 Å². The molecule has 7 heteroatoms. The highest BCUT2D eigenvalue weighted by molar-refractivity contribution is 7.89. The van der Waals surface area contributed by atoms with Crippen LogP contribution in [0.15, 0.2) is 29.2 Å². The summed E-state index contributed by atoms with van der Waals surface area (Å²) in [4.78, 5) is 2.51.